The Bertz CT molecular complexity index is 575. The first-order valence-electron chi connectivity index (χ1n) is 6.36. The molecule has 92 valence electrons. The van der Waals surface area contributed by atoms with Gasteiger partial charge in [0.25, 0.3) is 0 Å². The smallest absolute Gasteiger partial charge is 0.122 e. The molecule has 3 rings (SSSR count). The van der Waals surface area contributed by atoms with E-state index in [4.69, 9.17) is 10.5 Å². The van der Waals surface area contributed by atoms with E-state index in [0.717, 1.165) is 18.8 Å². The SMILES string of the molecule is CC(N)c1cccc(-c2ccc3c(c2)CCO3)c1. The zero-order valence-electron chi connectivity index (χ0n) is 10.5. The third-order valence-electron chi connectivity index (χ3n) is 3.44. The topological polar surface area (TPSA) is 35.2 Å². The van der Waals surface area contributed by atoms with Crippen LogP contribution in [-0.4, -0.2) is 6.61 Å². The minimum Gasteiger partial charge on any atom is -0.493 e. The van der Waals surface area contributed by atoms with E-state index in [1.54, 1.807) is 0 Å². The molecule has 0 radical (unpaired) electrons. The molecule has 0 aliphatic carbocycles. The van der Waals surface area contributed by atoms with E-state index in [9.17, 15) is 0 Å². The van der Waals surface area contributed by atoms with Crippen LogP contribution in [0.1, 0.15) is 24.1 Å². The summed E-state index contributed by atoms with van der Waals surface area (Å²) in [5.74, 6) is 1.03. The van der Waals surface area contributed by atoms with Gasteiger partial charge < -0.3 is 10.5 Å². The zero-order chi connectivity index (χ0) is 12.5. The molecule has 1 atom stereocenters. The van der Waals surface area contributed by atoms with Crippen LogP contribution in [0.2, 0.25) is 0 Å². The average Bonchev–Trinajstić information content (AvgIpc) is 2.86. The van der Waals surface area contributed by atoms with Gasteiger partial charge in [0, 0.05) is 12.5 Å². The van der Waals surface area contributed by atoms with Crippen molar-refractivity contribution in [1.82, 2.24) is 0 Å². The fourth-order valence-corrected chi connectivity index (χ4v) is 2.37. The number of nitrogens with two attached hydrogens (primary N) is 1. The van der Waals surface area contributed by atoms with Gasteiger partial charge in [0.15, 0.2) is 0 Å². The van der Waals surface area contributed by atoms with Crippen LogP contribution in [0.3, 0.4) is 0 Å². The molecule has 0 saturated carbocycles. The highest BCUT2D eigenvalue weighted by Gasteiger charge is 2.12. The first kappa shape index (κ1) is 11.3. The fraction of sp³-hybridized carbons (Fsp3) is 0.250. The van der Waals surface area contributed by atoms with Crippen molar-refractivity contribution in [3.8, 4) is 16.9 Å². The molecule has 0 saturated heterocycles. The molecule has 0 bridgehead atoms. The van der Waals surface area contributed by atoms with Crippen molar-refractivity contribution in [2.75, 3.05) is 6.61 Å². The third-order valence-corrected chi connectivity index (χ3v) is 3.44. The van der Waals surface area contributed by atoms with Crippen molar-refractivity contribution in [2.45, 2.75) is 19.4 Å². The van der Waals surface area contributed by atoms with Gasteiger partial charge in [-0.25, -0.2) is 0 Å². The van der Waals surface area contributed by atoms with Crippen molar-refractivity contribution in [3.05, 3.63) is 53.6 Å². The first-order valence-corrected chi connectivity index (χ1v) is 6.36. The van der Waals surface area contributed by atoms with Gasteiger partial charge in [-0.15, -0.1) is 0 Å². The number of ether oxygens (including phenoxy) is 1. The normalized spacial score (nSPS) is 15.0. The van der Waals surface area contributed by atoms with E-state index in [1.165, 1.54) is 22.3 Å². The quantitative estimate of drug-likeness (QED) is 0.872. The summed E-state index contributed by atoms with van der Waals surface area (Å²) in [7, 11) is 0. The number of benzene rings is 2. The Kier molecular flexibility index (Phi) is 2.80. The summed E-state index contributed by atoms with van der Waals surface area (Å²) < 4.78 is 5.53. The molecular weight excluding hydrogens is 222 g/mol. The van der Waals surface area contributed by atoms with Crippen molar-refractivity contribution in [2.24, 2.45) is 5.73 Å². The summed E-state index contributed by atoms with van der Waals surface area (Å²) in [6, 6.07) is 14.9. The summed E-state index contributed by atoms with van der Waals surface area (Å²) >= 11 is 0. The van der Waals surface area contributed by atoms with Crippen LogP contribution in [0.4, 0.5) is 0 Å². The highest BCUT2D eigenvalue weighted by atomic mass is 16.5. The lowest BCUT2D eigenvalue weighted by Gasteiger charge is -2.09. The van der Waals surface area contributed by atoms with E-state index < -0.39 is 0 Å². The molecule has 2 aromatic carbocycles. The molecule has 0 spiro atoms. The van der Waals surface area contributed by atoms with Gasteiger partial charge in [-0.1, -0.05) is 24.3 Å². The fourth-order valence-electron chi connectivity index (χ4n) is 2.37. The number of hydrogen-bond donors (Lipinski definition) is 1. The van der Waals surface area contributed by atoms with Gasteiger partial charge in [-0.05, 0) is 47.4 Å². The van der Waals surface area contributed by atoms with Crippen LogP contribution in [0.15, 0.2) is 42.5 Å². The minimum absolute atomic E-state index is 0.0720. The Morgan fingerprint density at radius 2 is 1.94 bits per heavy atom. The maximum Gasteiger partial charge on any atom is 0.122 e. The molecule has 18 heavy (non-hydrogen) atoms. The van der Waals surface area contributed by atoms with Gasteiger partial charge in [-0.3, -0.25) is 0 Å². The van der Waals surface area contributed by atoms with Crippen LogP contribution in [-0.2, 0) is 6.42 Å². The second-order valence-corrected chi connectivity index (χ2v) is 4.84. The Morgan fingerprint density at radius 3 is 2.78 bits per heavy atom. The van der Waals surface area contributed by atoms with E-state index in [-0.39, 0.29) is 6.04 Å². The van der Waals surface area contributed by atoms with E-state index in [1.807, 2.05) is 6.92 Å². The number of hydrogen-bond acceptors (Lipinski definition) is 2. The first-order chi connectivity index (χ1) is 8.74. The summed E-state index contributed by atoms with van der Waals surface area (Å²) in [5, 5.41) is 0. The van der Waals surface area contributed by atoms with Crippen LogP contribution >= 0.6 is 0 Å². The molecule has 1 aliphatic heterocycles. The maximum absolute atomic E-state index is 5.93. The lowest BCUT2D eigenvalue weighted by molar-refractivity contribution is 0.357. The molecule has 0 fully saturated rings. The van der Waals surface area contributed by atoms with Crippen LogP contribution in [0.25, 0.3) is 11.1 Å². The standard InChI is InChI=1S/C16H17NO/c1-11(17)12-3-2-4-13(9-12)14-5-6-16-15(10-14)7-8-18-16/h2-6,9-11H,7-8,17H2,1H3. The van der Waals surface area contributed by atoms with Gasteiger partial charge in [0.1, 0.15) is 5.75 Å². The van der Waals surface area contributed by atoms with Crippen LogP contribution < -0.4 is 10.5 Å². The summed E-state index contributed by atoms with van der Waals surface area (Å²) in [5.41, 5.74) is 10.9. The summed E-state index contributed by atoms with van der Waals surface area (Å²) in [6.07, 6.45) is 1.01. The van der Waals surface area contributed by atoms with Gasteiger partial charge in [-0.2, -0.15) is 0 Å². The third kappa shape index (κ3) is 2.00. The molecular formula is C16H17NO. The molecule has 0 amide bonds. The number of rotatable bonds is 2. The zero-order valence-corrected chi connectivity index (χ0v) is 10.5. The summed E-state index contributed by atoms with van der Waals surface area (Å²) in [4.78, 5) is 0. The minimum atomic E-state index is 0.0720. The lowest BCUT2D eigenvalue weighted by atomic mass is 9.98. The van der Waals surface area contributed by atoms with Gasteiger partial charge in [0.05, 0.1) is 6.61 Å². The van der Waals surface area contributed by atoms with Crippen molar-refractivity contribution in [1.29, 1.82) is 0 Å². The predicted octanol–water partition coefficient (Wildman–Crippen LogP) is 3.31. The Hall–Kier alpha value is -1.80. The van der Waals surface area contributed by atoms with Crippen molar-refractivity contribution < 1.29 is 4.74 Å². The molecule has 1 aliphatic rings. The van der Waals surface area contributed by atoms with Crippen molar-refractivity contribution in [3.63, 3.8) is 0 Å². The Labute approximate surface area is 107 Å². The van der Waals surface area contributed by atoms with Gasteiger partial charge in [0.2, 0.25) is 0 Å². The molecule has 2 aromatic rings. The Morgan fingerprint density at radius 1 is 1.11 bits per heavy atom. The second-order valence-electron chi connectivity index (χ2n) is 4.84. The van der Waals surface area contributed by atoms with Crippen LogP contribution in [0, 0.1) is 0 Å². The molecule has 2 nitrogen and oxygen atoms in total. The highest BCUT2D eigenvalue weighted by molar-refractivity contribution is 5.67. The summed E-state index contributed by atoms with van der Waals surface area (Å²) in [6.45, 7) is 2.81. The average molecular weight is 239 g/mol. The van der Waals surface area contributed by atoms with E-state index >= 15 is 0 Å². The van der Waals surface area contributed by atoms with E-state index in [0.29, 0.717) is 0 Å². The van der Waals surface area contributed by atoms with Gasteiger partial charge >= 0.3 is 0 Å². The molecule has 1 heterocycles. The lowest BCUT2D eigenvalue weighted by Crippen LogP contribution is -2.04. The van der Waals surface area contributed by atoms with Crippen LogP contribution in [0.5, 0.6) is 5.75 Å². The Balaban J connectivity index is 2.02. The second kappa shape index (κ2) is 4.46. The van der Waals surface area contributed by atoms with Crippen molar-refractivity contribution >= 4 is 0 Å². The number of fused-ring (bicyclic) bond motifs is 1. The molecule has 1 unspecified atom stereocenters. The molecule has 2 N–H and O–H groups in total. The molecule has 2 heteroatoms. The van der Waals surface area contributed by atoms with E-state index in [2.05, 4.69) is 42.5 Å². The largest absolute Gasteiger partial charge is 0.493 e. The predicted molar refractivity (Wildman–Crippen MR) is 73.7 cm³/mol. The molecule has 0 aromatic heterocycles. The highest BCUT2D eigenvalue weighted by Crippen LogP contribution is 2.31. The maximum atomic E-state index is 5.93. The monoisotopic (exact) mass is 239 g/mol.